The van der Waals surface area contributed by atoms with E-state index in [2.05, 4.69) is 48.0 Å². The molecule has 2 rings (SSSR count). The van der Waals surface area contributed by atoms with Gasteiger partial charge in [0.05, 0.1) is 0 Å². The van der Waals surface area contributed by atoms with E-state index in [4.69, 9.17) is 5.73 Å². The Bertz CT molecular complexity index is 420. The molecule has 2 N–H and O–H groups in total. The molecule has 0 aliphatic rings. The Morgan fingerprint density at radius 3 is 2.87 bits per heavy atom. The van der Waals surface area contributed by atoms with Gasteiger partial charge in [-0.3, -0.25) is 0 Å². The molecule has 0 amide bonds. The Morgan fingerprint density at radius 1 is 1.33 bits per heavy atom. The average Bonchev–Trinajstić information content (AvgIpc) is 2.70. The SMILES string of the molecule is Cc1cccc([C@H](N)Cc2ccsc2)c1. The smallest absolute Gasteiger partial charge is 0.0336 e. The topological polar surface area (TPSA) is 26.0 Å². The molecule has 1 nitrogen and oxygen atoms in total. The van der Waals surface area contributed by atoms with Crippen LogP contribution in [-0.2, 0) is 6.42 Å². The summed E-state index contributed by atoms with van der Waals surface area (Å²) in [4.78, 5) is 0. The molecular formula is C13H15NS. The van der Waals surface area contributed by atoms with Crippen molar-refractivity contribution in [2.75, 3.05) is 0 Å². The van der Waals surface area contributed by atoms with Gasteiger partial charge in [0.2, 0.25) is 0 Å². The van der Waals surface area contributed by atoms with Gasteiger partial charge in [0.1, 0.15) is 0 Å². The summed E-state index contributed by atoms with van der Waals surface area (Å²) in [6.07, 6.45) is 0.924. The molecule has 0 saturated carbocycles. The zero-order valence-electron chi connectivity index (χ0n) is 8.81. The maximum absolute atomic E-state index is 6.16. The van der Waals surface area contributed by atoms with Gasteiger partial charge in [-0.1, -0.05) is 29.8 Å². The summed E-state index contributed by atoms with van der Waals surface area (Å²) in [6, 6.07) is 10.7. The Hall–Kier alpha value is -1.12. The van der Waals surface area contributed by atoms with Gasteiger partial charge in [-0.05, 0) is 41.3 Å². The first kappa shape index (κ1) is 10.4. The van der Waals surface area contributed by atoms with Gasteiger partial charge in [-0.15, -0.1) is 0 Å². The van der Waals surface area contributed by atoms with Gasteiger partial charge in [0.15, 0.2) is 0 Å². The van der Waals surface area contributed by atoms with Crippen LogP contribution < -0.4 is 5.73 Å². The lowest BCUT2D eigenvalue weighted by atomic mass is 10.00. The lowest BCUT2D eigenvalue weighted by Crippen LogP contribution is -2.12. The predicted molar refractivity (Wildman–Crippen MR) is 66.1 cm³/mol. The number of aryl methyl sites for hydroxylation is 1. The second-order valence-corrected chi connectivity index (χ2v) is 4.64. The van der Waals surface area contributed by atoms with Crippen LogP contribution in [0, 0.1) is 6.92 Å². The Labute approximate surface area is 94.6 Å². The monoisotopic (exact) mass is 217 g/mol. The van der Waals surface area contributed by atoms with Crippen LogP contribution in [0.5, 0.6) is 0 Å². The second-order valence-electron chi connectivity index (χ2n) is 3.86. The van der Waals surface area contributed by atoms with Crippen molar-refractivity contribution in [3.05, 3.63) is 57.8 Å². The quantitative estimate of drug-likeness (QED) is 0.838. The minimum Gasteiger partial charge on any atom is -0.324 e. The van der Waals surface area contributed by atoms with Crippen LogP contribution in [0.15, 0.2) is 41.1 Å². The Balaban J connectivity index is 2.11. The predicted octanol–water partition coefficient (Wildman–Crippen LogP) is 3.30. The lowest BCUT2D eigenvalue weighted by Gasteiger charge is -2.11. The van der Waals surface area contributed by atoms with Crippen molar-refractivity contribution in [3.63, 3.8) is 0 Å². The van der Waals surface area contributed by atoms with Gasteiger partial charge in [0, 0.05) is 6.04 Å². The molecule has 0 aliphatic carbocycles. The molecule has 2 heteroatoms. The fraction of sp³-hybridized carbons (Fsp3) is 0.231. The van der Waals surface area contributed by atoms with Crippen molar-refractivity contribution in [2.45, 2.75) is 19.4 Å². The van der Waals surface area contributed by atoms with Crippen LogP contribution in [0.3, 0.4) is 0 Å². The summed E-state index contributed by atoms with van der Waals surface area (Å²) in [6.45, 7) is 2.10. The van der Waals surface area contributed by atoms with Gasteiger partial charge in [-0.2, -0.15) is 11.3 Å². The largest absolute Gasteiger partial charge is 0.324 e. The van der Waals surface area contributed by atoms with Crippen LogP contribution in [-0.4, -0.2) is 0 Å². The highest BCUT2D eigenvalue weighted by molar-refractivity contribution is 7.07. The van der Waals surface area contributed by atoms with E-state index in [1.165, 1.54) is 16.7 Å². The van der Waals surface area contributed by atoms with E-state index >= 15 is 0 Å². The van der Waals surface area contributed by atoms with E-state index in [0.29, 0.717) is 0 Å². The highest BCUT2D eigenvalue weighted by Crippen LogP contribution is 2.18. The average molecular weight is 217 g/mol. The fourth-order valence-electron chi connectivity index (χ4n) is 1.68. The summed E-state index contributed by atoms with van der Waals surface area (Å²) in [5.74, 6) is 0. The van der Waals surface area contributed by atoms with Gasteiger partial charge < -0.3 is 5.73 Å². The molecule has 1 aromatic carbocycles. The molecule has 0 radical (unpaired) electrons. The van der Waals surface area contributed by atoms with Crippen molar-refractivity contribution in [2.24, 2.45) is 5.73 Å². The number of thiophene rings is 1. The van der Waals surface area contributed by atoms with Gasteiger partial charge in [0.25, 0.3) is 0 Å². The van der Waals surface area contributed by atoms with E-state index in [-0.39, 0.29) is 6.04 Å². The third kappa shape index (κ3) is 2.67. The minimum absolute atomic E-state index is 0.111. The zero-order chi connectivity index (χ0) is 10.7. The molecular weight excluding hydrogens is 202 g/mol. The summed E-state index contributed by atoms with van der Waals surface area (Å²) in [5, 5.41) is 4.26. The number of nitrogens with two attached hydrogens (primary N) is 1. The molecule has 0 unspecified atom stereocenters. The van der Waals surface area contributed by atoms with Crippen molar-refractivity contribution in [1.82, 2.24) is 0 Å². The molecule has 0 spiro atoms. The normalized spacial score (nSPS) is 12.7. The first-order chi connectivity index (χ1) is 7.25. The maximum Gasteiger partial charge on any atom is 0.0336 e. The number of benzene rings is 1. The highest BCUT2D eigenvalue weighted by atomic mass is 32.1. The van der Waals surface area contributed by atoms with E-state index in [9.17, 15) is 0 Å². The standard InChI is InChI=1S/C13H15NS/c1-10-3-2-4-12(7-10)13(14)8-11-5-6-15-9-11/h2-7,9,13H,8,14H2,1H3/t13-/m1/s1. The van der Waals surface area contributed by atoms with Crippen LogP contribution in [0.2, 0.25) is 0 Å². The summed E-state index contributed by atoms with van der Waals surface area (Å²) >= 11 is 1.72. The van der Waals surface area contributed by atoms with E-state index < -0.39 is 0 Å². The van der Waals surface area contributed by atoms with Gasteiger partial charge >= 0.3 is 0 Å². The zero-order valence-corrected chi connectivity index (χ0v) is 9.63. The maximum atomic E-state index is 6.16. The molecule has 2 aromatic rings. The number of hydrogen-bond acceptors (Lipinski definition) is 2. The van der Waals surface area contributed by atoms with E-state index in [1.54, 1.807) is 11.3 Å². The number of rotatable bonds is 3. The molecule has 1 heterocycles. The van der Waals surface area contributed by atoms with Crippen molar-refractivity contribution < 1.29 is 0 Å². The first-order valence-electron chi connectivity index (χ1n) is 5.09. The lowest BCUT2D eigenvalue weighted by molar-refractivity contribution is 0.723. The minimum atomic E-state index is 0.111. The summed E-state index contributed by atoms with van der Waals surface area (Å²) in [7, 11) is 0. The van der Waals surface area contributed by atoms with E-state index in [1.807, 2.05) is 0 Å². The first-order valence-corrected chi connectivity index (χ1v) is 6.03. The molecule has 15 heavy (non-hydrogen) atoms. The molecule has 0 fully saturated rings. The van der Waals surface area contributed by atoms with Crippen molar-refractivity contribution >= 4 is 11.3 Å². The fourth-order valence-corrected chi connectivity index (χ4v) is 2.36. The molecule has 0 saturated heterocycles. The van der Waals surface area contributed by atoms with Crippen LogP contribution in [0.25, 0.3) is 0 Å². The molecule has 78 valence electrons. The van der Waals surface area contributed by atoms with Crippen LogP contribution in [0.4, 0.5) is 0 Å². The third-order valence-electron chi connectivity index (χ3n) is 2.51. The third-order valence-corrected chi connectivity index (χ3v) is 3.24. The highest BCUT2D eigenvalue weighted by Gasteiger charge is 2.06. The van der Waals surface area contributed by atoms with Crippen molar-refractivity contribution in [1.29, 1.82) is 0 Å². The van der Waals surface area contributed by atoms with Crippen LogP contribution >= 0.6 is 11.3 Å². The molecule has 0 bridgehead atoms. The van der Waals surface area contributed by atoms with Gasteiger partial charge in [-0.25, -0.2) is 0 Å². The molecule has 0 aliphatic heterocycles. The van der Waals surface area contributed by atoms with Crippen molar-refractivity contribution in [3.8, 4) is 0 Å². The van der Waals surface area contributed by atoms with E-state index in [0.717, 1.165) is 6.42 Å². The Morgan fingerprint density at radius 2 is 2.20 bits per heavy atom. The second kappa shape index (κ2) is 4.60. The molecule has 1 aromatic heterocycles. The summed E-state index contributed by atoms with van der Waals surface area (Å²) < 4.78 is 0. The van der Waals surface area contributed by atoms with Crippen LogP contribution in [0.1, 0.15) is 22.7 Å². The number of hydrogen-bond donors (Lipinski definition) is 1. The molecule has 1 atom stereocenters. The summed E-state index contributed by atoms with van der Waals surface area (Å²) in [5.41, 5.74) is 9.98. The Kier molecular flexibility index (Phi) is 3.19.